The predicted molar refractivity (Wildman–Crippen MR) is 51.0 cm³/mol. The van der Waals surface area contributed by atoms with Crippen molar-refractivity contribution in [2.45, 2.75) is 40.2 Å². The molecule has 1 atom stereocenters. The van der Waals surface area contributed by atoms with Crippen molar-refractivity contribution in [2.24, 2.45) is 11.8 Å². The Morgan fingerprint density at radius 1 is 1.29 bits per heavy atom. The second-order valence-corrected chi connectivity index (χ2v) is 4.24. The third-order valence-corrected chi connectivity index (χ3v) is 2.26. The van der Waals surface area contributed by atoms with Crippen LogP contribution in [0.15, 0.2) is 0 Å². The van der Waals surface area contributed by atoms with Crippen molar-refractivity contribution < 1.29 is 14.4 Å². The molecule has 0 spiro atoms. The summed E-state index contributed by atoms with van der Waals surface area (Å²) in [6, 6.07) is 0. The molecule has 4 heteroatoms. The molecule has 1 unspecified atom stereocenters. The zero-order valence-electron chi connectivity index (χ0n) is 9.11. The van der Waals surface area contributed by atoms with Crippen LogP contribution in [-0.4, -0.2) is 23.0 Å². The summed E-state index contributed by atoms with van der Waals surface area (Å²) in [6.07, 6.45) is 0.136. The molecule has 0 N–H and O–H groups in total. The standard InChI is InChI=1S/C10H17NO3/c1-6(2)8-5-9(12)11(10(8)13)14-7(3)4/h6-8H,5H2,1-4H3. The van der Waals surface area contributed by atoms with Crippen LogP contribution in [0.4, 0.5) is 0 Å². The van der Waals surface area contributed by atoms with Gasteiger partial charge in [-0.3, -0.25) is 14.4 Å². The predicted octanol–water partition coefficient (Wildman–Crippen LogP) is 1.36. The molecule has 2 amide bonds. The molecule has 0 radical (unpaired) electrons. The van der Waals surface area contributed by atoms with Gasteiger partial charge in [0.2, 0.25) is 0 Å². The fraction of sp³-hybridized carbons (Fsp3) is 0.800. The third-order valence-electron chi connectivity index (χ3n) is 2.26. The van der Waals surface area contributed by atoms with E-state index in [-0.39, 0.29) is 36.2 Å². The second kappa shape index (κ2) is 4.09. The molecule has 0 aliphatic carbocycles. The van der Waals surface area contributed by atoms with Crippen molar-refractivity contribution in [3.63, 3.8) is 0 Å². The summed E-state index contributed by atoms with van der Waals surface area (Å²) in [4.78, 5) is 28.2. The van der Waals surface area contributed by atoms with E-state index in [0.717, 1.165) is 5.06 Å². The summed E-state index contributed by atoms with van der Waals surface area (Å²) >= 11 is 0. The Hall–Kier alpha value is -0.900. The van der Waals surface area contributed by atoms with Crippen LogP contribution in [-0.2, 0) is 14.4 Å². The van der Waals surface area contributed by atoms with Crippen molar-refractivity contribution in [1.82, 2.24) is 5.06 Å². The average molecular weight is 199 g/mol. The monoisotopic (exact) mass is 199 g/mol. The summed E-state index contributed by atoms with van der Waals surface area (Å²) in [7, 11) is 0. The van der Waals surface area contributed by atoms with Gasteiger partial charge in [0, 0.05) is 6.42 Å². The van der Waals surface area contributed by atoms with Gasteiger partial charge >= 0.3 is 0 Å². The van der Waals surface area contributed by atoms with E-state index in [4.69, 9.17) is 4.84 Å². The zero-order valence-corrected chi connectivity index (χ0v) is 9.11. The summed E-state index contributed by atoms with van der Waals surface area (Å²) in [5.41, 5.74) is 0. The zero-order chi connectivity index (χ0) is 10.9. The number of imide groups is 1. The molecular weight excluding hydrogens is 182 g/mol. The quantitative estimate of drug-likeness (QED) is 0.645. The maximum atomic E-state index is 11.7. The minimum absolute atomic E-state index is 0.145. The summed E-state index contributed by atoms with van der Waals surface area (Å²) in [5, 5.41) is 0.926. The number of hydroxylamine groups is 2. The van der Waals surface area contributed by atoms with Gasteiger partial charge in [-0.2, -0.15) is 5.06 Å². The maximum Gasteiger partial charge on any atom is 0.257 e. The first-order valence-corrected chi connectivity index (χ1v) is 4.97. The molecular formula is C10H17NO3. The van der Waals surface area contributed by atoms with Crippen LogP contribution < -0.4 is 0 Å². The first-order chi connectivity index (χ1) is 6.43. The smallest absolute Gasteiger partial charge is 0.257 e. The fourth-order valence-corrected chi connectivity index (χ4v) is 1.47. The van der Waals surface area contributed by atoms with Gasteiger partial charge in [-0.25, -0.2) is 0 Å². The van der Waals surface area contributed by atoms with Crippen molar-refractivity contribution in [2.75, 3.05) is 0 Å². The summed E-state index contributed by atoms with van der Waals surface area (Å²) in [5.74, 6) is -0.436. The lowest BCUT2D eigenvalue weighted by molar-refractivity contribution is -0.199. The number of carbonyl (C=O) groups is 2. The number of rotatable bonds is 3. The largest absolute Gasteiger partial charge is 0.272 e. The van der Waals surface area contributed by atoms with E-state index in [9.17, 15) is 9.59 Å². The topological polar surface area (TPSA) is 46.6 Å². The first-order valence-electron chi connectivity index (χ1n) is 4.97. The minimum Gasteiger partial charge on any atom is -0.272 e. The van der Waals surface area contributed by atoms with Crippen LogP contribution in [0.2, 0.25) is 0 Å². The Bertz CT molecular complexity index is 248. The molecule has 0 aromatic heterocycles. The lowest BCUT2D eigenvalue weighted by atomic mass is 9.95. The molecule has 1 aliphatic rings. The number of hydrogen-bond acceptors (Lipinski definition) is 3. The Morgan fingerprint density at radius 2 is 1.86 bits per heavy atom. The molecule has 80 valence electrons. The number of hydrogen-bond donors (Lipinski definition) is 0. The molecule has 4 nitrogen and oxygen atoms in total. The highest BCUT2D eigenvalue weighted by Crippen LogP contribution is 2.26. The number of carbonyl (C=O) groups excluding carboxylic acids is 2. The lowest BCUT2D eigenvalue weighted by Gasteiger charge is -2.17. The molecule has 1 heterocycles. The van der Waals surface area contributed by atoms with Crippen molar-refractivity contribution in [1.29, 1.82) is 0 Å². The molecule has 1 fully saturated rings. The molecule has 0 aromatic carbocycles. The molecule has 0 aromatic rings. The van der Waals surface area contributed by atoms with Crippen LogP contribution in [0, 0.1) is 11.8 Å². The van der Waals surface area contributed by atoms with Gasteiger partial charge in [-0.1, -0.05) is 13.8 Å². The Labute approximate surface area is 84.2 Å². The molecule has 1 rings (SSSR count). The average Bonchev–Trinajstić information content (AvgIpc) is 2.31. The molecule has 0 saturated carbocycles. The Balaban J connectivity index is 2.70. The second-order valence-electron chi connectivity index (χ2n) is 4.24. The van der Waals surface area contributed by atoms with Crippen LogP contribution in [0.1, 0.15) is 34.1 Å². The normalized spacial score (nSPS) is 23.0. The van der Waals surface area contributed by atoms with Crippen molar-refractivity contribution in [3.8, 4) is 0 Å². The van der Waals surface area contributed by atoms with Gasteiger partial charge in [0.15, 0.2) is 0 Å². The van der Waals surface area contributed by atoms with Crippen molar-refractivity contribution in [3.05, 3.63) is 0 Å². The highest BCUT2D eigenvalue weighted by molar-refractivity contribution is 6.02. The summed E-state index contributed by atoms with van der Waals surface area (Å²) < 4.78 is 0. The number of nitrogens with zero attached hydrogens (tertiary/aromatic N) is 1. The van der Waals surface area contributed by atoms with E-state index in [1.807, 2.05) is 13.8 Å². The van der Waals surface area contributed by atoms with Crippen LogP contribution in [0.5, 0.6) is 0 Å². The highest BCUT2D eigenvalue weighted by Gasteiger charge is 2.41. The SMILES string of the molecule is CC(C)ON1C(=O)CC(C(C)C)C1=O. The summed E-state index contributed by atoms with van der Waals surface area (Å²) in [6.45, 7) is 7.47. The van der Waals surface area contributed by atoms with E-state index < -0.39 is 0 Å². The van der Waals surface area contributed by atoms with Crippen LogP contribution in [0.25, 0.3) is 0 Å². The van der Waals surface area contributed by atoms with Gasteiger partial charge in [-0.05, 0) is 19.8 Å². The van der Waals surface area contributed by atoms with Gasteiger partial charge in [-0.15, -0.1) is 0 Å². The Morgan fingerprint density at radius 3 is 2.21 bits per heavy atom. The lowest BCUT2D eigenvalue weighted by Crippen LogP contribution is -2.34. The highest BCUT2D eigenvalue weighted by atomic mass is 16.7. The van der Waals surface area contributed by atoms with E-state index in [1.54, 1.807) is 13.8 Å². The molecule has 0 bridgehead atoms. The third kappa shape index (κ3) is 2.12. The van der Waals surface area contributed by atoms with Crippen LogP contribution in [0.3, 0.4) is 0 Å². The van der Waals surface area contributed by atoms with Crippen molar-refractivity contribution >= 4 is 11.8 Å². The van der Waals surface area contributed by atoms with Gasteiger partial charge in [0.25, 0.3) is 11.8 Å². The van der Waals surface area contributed by atoms with E-state index >= 15 is 0 Å². The molecule has 1 aliphatic heterocycles. The number of amides is 2. The van der Waals surface area contributed by atoms with E-state index in [2.05, 4.69) is 0 Å². The van der Waals surface area contributed by atoms with Gasteiger partial charge < -0.3 is 0 Å². The molecule has 1 saturated heterocycles. The minimum atomic E-state index is -0.220. The van der Waals surface area contributed by atoms with E-state index in [1.165, 1.54) is 0 Å². The first kappa shape index (κ1) is 11.2. The maximum absolute atomic E-state index is 11.7. The van der Waals surface area contributed by atoms with E-state index in [0.29, 0.717) is 0 Å². The molecule has 14 heavy (non-hydrogen) atoms. The van der Waals surface area contributed by atoms with Gasteiger partial charge in [0.1, 0.15) is 0 Å². The van der Waals surface area contributed by atoms with Crippen LogP contribution >= 0.6 is 0 Å². The fourth-order valence-electron chi connectivity index (χ4n) is 1.47. The Kier molecular flexibility index (Phi) is 3.26. The van der Waals surface area contributed by atoms with Gasteiger partial charge in [0.05, 0.1) is 12.0 Å².